The van der Waals surface area contributed by atoms with Crippen LogP contribution in [0.4, 0.5) is 5.69 Å². The zero-order valence-corrected chi connectivity index (χ0v) is 12.6. The van der Waals surface area contributed by atoms with Crippen molar-refractivity contribution in [1.82, 2.24) is 0 Å². The molecule has 20 heavy (non-hydrogen) atoms. The molecule has 0 bridgehead atoms. The highest BCUT2D eigenvalue weighted by Gasteiger charge is 2.27. The van der Waals surface area contributed by atoms with Gasteiger partial charge in [0, 0.05) is 18.8 Å². The predicted octanol–water partition coefficient (Wildman–Crippen LogP) is 2.39. The Bertz CT molecular complexity index is 492. The van der Waals surface area contributed by atoms with Gasteiger partial charge in [0.1, 0.15) is 0 Å². The minimum Gasteiger partial charge on any atom is -0.371 e. The van der Waals surface area contributed by atoms with Crippen LogP contribution in [-0.2, 0) is 0 Å². The molecular weight excluding hydrogens is 274 g/mol. The van der Waals surface area contributed by atoms with Gasteiger partial charge in [-0.05, 0) is 43.5 Å². The van der Waals surface area contributed by atoms with Gasteiger partial charge < -0.3 is 16.4 Å². The van der Waals surface area contributed by atoms with Crippen molar-refractivity contribution in [3.05, 3.63) is 28.8 Å². The summed E-state index contributed by atoms with van der Waals surface area (Å²) < 4.78 is 0. The number of rotatable bonds is 4. The largest absolute Gasteiger partial charge is 0.371 e. The van der Waals surface area contributed by atoms with Gasteiger partial charge in [0.2, 0.25) is 5.91 Å². The van der Waals surface area contributed by atoms with Crippen molar-refractivity contribution < 1.29 is 4.79 Å². The maximum atomic E-state index is 11.2. The molecule has 2 unspecified atom stereocenters. The van der Waals surface area contributed by atoms with Gasteiger partial charge in [0.05, 0.1) is 10.6 Å². The number of benzene rings is 1. The van der Waals surface area contributed by atoms with Crippen LogP contribution in [0.1, 0.15) is 36.0 Å². The summed E-state index contributed by atoms with van der Waals surface area (Å²) in [6, 6.07) is 5.83. The first-order chi connectivity index (χ1) is 9.54. The smallest absolute Gasteiger partial charge is 0.250 e. The average molecular weight is 296 g/mol. The lowest BCUT2D eigenvalue weighted by Gasteiger charge is -2.39. The van der Waals surface area contributed by atoms with E-state index in [0.29, 0.717) is 29.1 Å². The highest BCUT2D eigenvalue weighted by Crippen LogP contribution is 2.32. The highest BCUT2D eigenvalue weighted by molar-refractivity contribution is 6.34. The molecule has 0 saturated heterocycles. The molecule has 1 aliphatic rings. The number of primary amides is 1. The summed E-state index contributed by atoms with van der Waals surface area (Å²) in [5.74, 6) is 0.0186. The summed E-state index contributed by atoms with van der Waals surface area (Å²) in [6.07, 6.45) is 4.82. The maximum Gasteiger partial charge on any atom is 0.250 e. The second-order valence-electron chi connectivity index (χ2n) is 5.49. The van der Waals surface area contributed by atoms with E-state index in [1.54, 1.807) is 6.07 Å². The molecule has 0 spiro atoms. The summed E-state index contributed by atoms with van der Waals surface area (Å²) in [6.45, 7) is 0.710. The summed E-state index contributed by atoms with van der Waals surface area (Å²) in [7, 11) is 2.06. The number of carbonyl (C=O) groups is 1. The fourth-order valence-electron chi connectivity index (χ4n) is 3.09. The van der Waals surface area contributed by atoms with Gasteiger partial charge in [-0.25, -0.2) is 0 Å². The van der Waals surface area contributed by atoms with Crippen molar-refractivity contribution in [2.45, 2.75) is 31.7 Å². The Kier molecular flexibility index (Phi) is 4.89. The lowest BCUT2D eigenvalue weighted by Crippen LogP contribution is -2.43. The first-order valence-corrected chi connectivity index (χ1v) is 7.44. The standard InChI is InChI=1S/C15H22ClN3O/c1-19(14-5-3-2-4-10(14)9-17)11-6-7-12(15(18)20)13(16)8-11/h6-8,10,14H,2-5,9,17H2,1H3,(H2,18,20). The number of amides is 1. The third-order valence-electron chi connectivity index (χ3n) is 4.29. The van der Waals surface area contributed by atoms with Crippen LogP contribution >= 0.6 is 11.6 Å². The second kappa shape index (κ2) is 6.46. The quantitative estimate of drug-likeness (QED) is 0.896. The molecule has 1 amide bonds. The molecule has 4 N–H and O–H groups in total. The van der Waals surface area contributed by atoms with E-state index < -0.39 is 5.91 Å². The zero-order chi connectivity index (χ0) is 14.7. The molecule has 1 fully saturated rings. The molecular formula is C15H22ClN3O. The molecule has 0 radical (unpaired) electrons. The molecule has 1 aromatic rings. The molecule has 2 atom stereocenters. The number of halogens is 1. The Hall–Kier alpha value is -1.26. The third-order valence-corrected chi connectivity index (χ3v) is 4.61. The molecule has 4 nitrogen and oxygen atoms in total. The van der Waals surface area contributed by atoms with Crippen LogP contribution in [-0.4, -0.2) is 25.5 Å². The van der Waals surface area contributed by atoms with Crippen LogP contribution in [0.25, 0.3) is 0 Å². The van der Waals surface area contributed by atoms with E-state index >= 15 is 0 Å². The number of hydrogen-bond donors (Lipinski definition) is 2. The Morgan fingerprint density at radius 2 is 2.10 bits per heavy atom. The molecule has 2 rings (SSSR count). The van der Waals surface area contributed by atoms with Crippen molar-refractivity contribution in [3.8, 4) is 0 Å². The number of anilines is 1. The first-order valence-electron chi connectivity index (χ1n) is 7.07. The van der Waals surface area contributed by atoms with Gasteiger partial charge in [0.25, 0.3) is 0 Å². The number of hydrogen-bond acceptors (Lipinski definition) is 3. The summed E-state index contributed by atoms with van der Waals surface area (Å²) >= 11 is 6.13. The minimum atomic E-state index is -0.498. The van der Waals surface area contributed by atoms with Gasteiger partial charge in [0.15, 0.2) is 0 Å². The SMILES string of the molecule is CN(c1ccc(C(N)=O)c(Cl)c1)C1CCCCC1CN. The second-order valence-corrected chi connectivity index (χ2v) is 5.89. The van der Waals surface area contributed by atoms with Gasteiger partial charge in [-0.3, -0.25) is 4.79 Å². The van der Waals surface area contributed by atoms with Crippen LogP contribution < -0.4 is 16.4 Å². The maximum absolute atomic E-state index is 11.2. The average Bonchev–Trinajstić information content (AvgIpc) is 2.45. The van der Waals surface area contributed by atoms with Gasteiger partial charge in [-0.2, -0.15) is 0 Å². The lowest BCUT2D eigenvalue weighted by atomic mass is 9.83. The van der Waals surface area contributed by atoms with E-state index in [2.05, 4.69) is 11.9 Å². The number of nitrogens with zero attached hydrogens (tertiary/aromatic N) is 1. The lowest BCUT2D eigenvalue weighted by molar-refractivity contribution is 0.100. The van der Waals surface area contributed by atoms with Crippen molar-refractivity contribution in [2.75, 3.05) is 18.5 Å². The fraction of sp³-hybridized carbons (Fsp3) is 0.533. The van der Waals surface area contributed by atoms with E-state index in [0.717, 1.165) is 12.1 Å². The van der Waals surface area contributed by atoms with E-state index in [1.165, 1.54) is 19.3 Å². The molecule has 110 valence electrons. The molecule has 5 heteroatoms. The van der Waals surface area contributed by atoms with Gasteiger partial charge >= 0.3 is 0 Å². The summed E-state index contributed by atoms with van der Waals surface area (Å²) in [5.41, 5.74) is 12.5. The van der Waals surface area contributed by atoms with Gasteiger partial charge in [-0.1, -0.05) is 24.4 Å². The summed E-state index contributed by atoms with van der Waals surface area (Å²) in [4.78, 5) is 13.4. The monoisotopic (exact) mass is 295 g/mol. The van der Waals surface area contributed by atoms with E-state index in [1.807, 2.05) is 12.1 Å². The van der Waals surface area contributed by atoms with Crippen LogP contribution in [0.5, 0.6) is 0 Å². The first kappa shape index (κ1) is 15.1. The molecule has 1 saturated carbocycles. The van der Waals surface area contributed by atoms with E-state index in [9.17, 15) is 4.79 Å². The molecule has 0 aromatic heterocycles. The molecule has 1 aromatic carbocycles. The normalized spacial score (nSPS) is 22.6. The minimum absolute atomic E-state index is 0.364. The van der Waals surface area contributed by atoms with Crippen LogP contribution in [0.2, 0.25) is 5.02 Å². The van der Waals surface area contributed by atoms with E-state index in [4.69, 9.17) is 23.1 Å². The van der Waals surface area contributed by atoms with Crippen LogP contribution in [0.15, 0.2) is 18.2 Å². The van der Waals surface area contributed by atoms with Gasteiger partial charge in [-0.15, -0.1) is 0 Å². The fourth-order valence-corrected chi connectivity index (χ4v) is 3.36. The summed E-state index contributed by atoms with van der Waals surface area (Å²) in [5, 5.41) is 0.405. The highest BCUT2D eigenvalue weighted by atomic mass is 35.5. The predicted molar refractivity (Wildman–Crippen MR) is 83.2 cm³/mol. The number of carbonyl (C=O) groups excluding carboxylic acids is 1. The Morgan fingerprint density at radius 3 is 2.70 bits per heavy atom. The third kappa shape index (κ3) is 3.07. The van der Waals surface area contributed by atoms with E-state index in [-0.39, 0.29) is 0 Å². The topological polar surface area (TPSA) is 72.3 Å². The number of nitrogens with two attached hydrogens (primary N) is 2. The van der Waals surface area contributed by atoms with Crippen molar-refractivity contribution in [2.24, 2.45) is 17.4 Å². The Morgan fingerprint density at radius 1 is 1.40 bits per heavy atom. The molecule has 0 aliphatic heterocycles. The van der Waals surface area contributed by atoms with Crippen LogP contribution in [0.3, 0.4) is 0 Å². The molecule has 0 heterocycles. The Labute approximate surface area is 125 Å². The van der Waals surface area contributed by atoms with Crippen molar-refractivity contribution in [3.63, 3.8) is 0 Å². The van der Waals surface area contributed by atoms with Crippen molar-refractivity contribution in [1.29, 1.82) is 0 Å². The van der Waals surface area contributed by atoms with Crippen molar-refractivity contribution >= 4 is 23.2 Å². The molecule has 1 aliphatic carbocycles. The van der Waals surface area contributed by atoms with Crippen LogP contribution in [0, 0.1) is 5.92 Å². The Balaban J connectivity index is 2.21. The zero-order valence-electron chi connectivity index (χ0n) is 11.8.